The Morgan fingerprint density at radius 2 is 1.91 bits per heavy atom. The highest BCUT2D eigenvalue weighted by atomic mass is 35.5. The predicted molar refractivity (Wildman–Crippen MR) is 93.7 cm³/mol. The molecular weight excluding hydrogens is 294 g/mol. The summed E-state index contributed by atoms with van der Waals surface area (Å²) in [5.41, 5.74) is 3.39. The molecule has 0 saturated carbocycles. The van der Waals surface area contributed by atoms with Crippen molar-refractivity contribution in [2.75, 3.05) is 39.8 Å². The SMILES string of the molecule is Cc1ccc2cc(CCCN3CCN(C)CC3)c(Cl)nc2c1. The van der Waals surface area contributed by atoms with Crippen LogP contribution in [0.25, 0.3) is 10.9 Å². The van der Waals surface area contributed by atoms with Crippen LogP contribution in [0.5, 0.6) is 0 Å². The average Bonchev–Trinajstić information content (AvgIpc) is 2.50. The first kappa shape index (κ1) is 15.7. The first-order valence-corrected chi connectivity index (χ1v) is 8.46. The molecule has 1 aromatic heterocycles. The Balaban J connectivity index is 1.61. The lowest BCUT2D eigenvalue weighted by atomic mass is 10.1. The number of aryl methyl sites for hydroxylation is 2. The summed E-state index contributed by atoms with van der Waals surface area (Å²) in [5.74, 6) is 0. The molecule has 4 heteroatoms. The van der Waals surface area contributed by atoms with Gasteiger partial charge in [-0.3, -0.25) is 0 Å². The number of hydrogen-bond acceptors (Lipinski definition) is 3. The standard InChI is InChI=1S/C18H24ClN3/c1-14-5-6-15-13-16(18(19)20-17(15)12-14)4-3-7-22-10-8-21(2)9-11-22/h5-6,12-13H,3-4,7-11H2,1-2H3. The molecule has 1 saturated heterocycles. The quantitative estimate of drug-likeness (QED) is 0.806. The van der Waals surface area contributed by atoms with Crippen molar-refractivity contribution in [2.24, 2.45) is 0 Å². The molecule has 2 heterocycles. The van der Waals surface area contributed by atoms with E-state index in [1.165, 1.54) is 42.7 Å². The molecule has 1 aliphatic heterocycles. The molecule has 3 rings (SSSR count). The average molecular weight is 318 g/mol. The maximum Gasteiger partial charge on any atom is 0.132 e. The molecule has 1 aliphatic rings. The van der Waals surface area contributed by atoms with Gasteiger partial charge in [0.2, 0.25) is 0 Å². The van der Waals surface area contributed by atoms with Crippen molar-refractivity contribution < 1.29 is 0 Å². The summed E-state index contributed by atoms with van der Waals surface area (Å²) in [7, 11) is 2.19. The summed E-state index contributed by atoms with van der Waals surface area (Å²) in [4.78, 5) is 9.50. The summed E-state index contributed by atoms with van der Waals surface area (Å²) < 4.78 is 0. The van der Waals surface area contributed by atoms with E-state index in [0.29, 0.717) is 5.15 Å². The number of fused-ring (bicyclic) bond motifs is 1. The number of rotatable bonds is 4. The van der Waals surface area contributed by atoms with Gasteiger partial charge in [-0.15, -0.1) is 0 Å². The highest BCUT2D eigenvalue weighted by Gasteiger charge is 2.13. The zero-order valence-corrected chi connectivity index (χ0v) is 14.2. The van der Waals surface area contributed by atoms with Gasteiger partial charge in [-0.1, -0.05) is 23.7 Å². The van der Waals surface area contributed by atoms with Gasteiger partial charge in [-0.2, -0.15) is 0 Å². The van der Waals surface area contributed by atoms with Crippen LogP contribution in [0.1, 0.15) is 17.5 Å². The third-order valence-electron chi connectivity index (χ3n) is 4.52. The number of piperazine rings is 1. The lowest BCUT2D eigenvalue weighted by Crippen LogP contribution is -2.44. The van der Waals surface area contributed by atoms with E-state index in [2.05, 4.69) is 53.0 Å². The van der Waals surface area contributed by atoms with Crippen LogP contribution >= 0.6 is 11.6 Å². The Kier molecular flexibility index (Phi) is 4.97. The van der Waals surface area contributed by atoms with Gasteiger partial charge in [0, 0.05) is 31.6 Å². The van der Waals surface area contributed by atoms with Gasteiger partial charge in [0.15, 0.2) is 0 Å². The number of benzene rings is 1. The van der Waals surface area contributed by atoms with Crippen LogP contribution in [-0.4, -0.2) is 54.6 Å². The van der Waals surface area contributed by atoms with Gasteiger partial charge >= 0.3 is 0 Å². The van der Waals surface area contributed by atoms with Gasteiger partial charge in [-0.25, -0.2) is 4.98 Å². The van der Waals surface area contributed by atoms with Crippen molar-refractivity contribution in [3.05, 3.63) is 40.5 Å². The lowest BCUT2D eigenvalue weighted by molar-refractivity contribution is 0.153. The minimum Gasteiger partial charge on any atom is -0.304 e. The zero-order chi connectivity index (χ0) is 15.5. The number of hydrogen-bond donors (Lipinski definition) is 0. The van der Waals surface area contributed by atoms with Crippen LogP contribution in [0.4, 0.5) is 0 Å². The summed E-state index contributed by atoms with van der Waals surface area (Å²) in [5, 5.41) is 1.85. The molecule has 0 N–H and O–H groups in total. The Hall–Kier alpha value is -1.16. The fourth-order valence-electron chi connectivity index (χ4n) is 3.04. The Labute approximate surface area is 137 Å². The number of nitrogens with zero attached hydrogens (tertiary/aromatic N) is 3. The summed E-state index contributed by atoms with van der Waals surface area (Å²) >= 11 is 6.36. The van der Waals surface area contributed by atoms with Crippen LogP contribution < -0.4 is 0 Å². The molecule has 3 nitrogen and oxygen atoms in total. The number of likely N-dealkylation sites (N-methyl/N-ethyl adjacent to an activating group) is 1. The number of aromatic nitrogens is 1. The fraction of sp³-hybridized carbons (Fsp3) is 0.500. The van der Waals surface area contributed by atoms with Crippen LogP contribution in [0, 0.1) is 6.92 Å². The number of pyridine rings is 1. The van der Waals surface area contributed by atoms with Crippen molar-refractivity contribution in [3.63, 3.8) is 0 Å². The van der Waals surface area contributed by atoms with Crippen molar-refractivity contribution in [1.29, 1.82) is 0 Å². The highest BCUT2D eigenvalue weighted by molar-refractivity contribution is 6.30. The topological polar surface area (TPSA) is 19.4 Å². The Morgan fingerprint density at radius 1 is 1.14 bits per heavy atom. The van der Waals surface area contributed by atoms with Crippen LogP contribution in [-0.2, 0) is 6.42 Å². The van der Waals surface area contributed by atoms with E-state index in [4.69, 9.17) is 11.6 Å². The molecule has 0 bridgehead atoms. The third-order valence-corrected chi connectivity index (χ3v) is 4.84. The van der Waals surface area contributed by atoms with Gasteiger partial charge in [-0.05, 0) is 56.6 Å². The zero-order valence-electron chi connectivity index (χ0n) is 13.5. The monoisotopic (exact) mass is 317 g/mol. The summed E-state index contributed by atoms with van der Waals surface area (Å²) in [6.07, 6.45) is 2.14. The summed E-state index contributed by atoms with van der Waals surface area (Å²) in [6.45, 7) is 7.95. The minimum atomic E-state index is 0.663. The molecule has 118 valence electrons. The van der Waals surface area contributed by atoms with Gasteiger partial charge in [0.05, 0.1) is 5.52 Å². The smallest absolute Gasteiger partial charge is 0.132 e. The molecule has 0 radical (unpaired) electrons. The van der Waals surface area contributed by atoms with E-state index in [9.17, 15) is 0 Å². The van der Waals surface area contributed by atoms with Gasteiger partial charge in [0.25, 0.3) is 0 Å². The molecule has 2 aromatic rings. The van der Waals surface area contributed by atoms with Crippen LogP contribution in [0.3, 0.4) is 0 Å². The highest BCUT2D eigenvalue weighted by Crippen LogP contribution is 2.22. The fourth-order valence-corrected chi connectivity index (χ4v) is 3.28. The van der Waals surface area contributed by atoms with E-state index in [1.54, 1.807) is 0 Å². The first-order chi connectivity index (χ1) is 10.6. The Morgan fingerprint density at radius 3 is 2.68 bits per heavy atom. The molecule has 0 amide bonds. The molecular formula is C18H24ClN3. The second-order valence-electron chi connectivity index (χ2n) is 6.38. The normalized spacial score (nSPS) is 17.2. The van der Waals surface area contributed by atoms with E-state index < -0.39 is 0 Å². The molecule has 1 fully saturated rings. The second-order valence-corrected chi connectivity index (χ2v) is 6.74. The van der Waals surface area contributed by atoms with Crippen LogP contribution in [0.15, 0.2) is 24.3 Å². The lowest BCUT2D eigenvalue weighted by Gasteiger charge is -2.32. The second kappa shape index (κ2) is 6.95. The predicted octanol–water partition coefficient (Wildman–Crippen LogP) is 3.38. The molecule has 0 aliphatic carbocycles. The van der Waals surface area contributed by atoms with E-state index in [0.717, 1.165) is 24.9 Å². The van der Waals surface area contributed by atoms with E-state index in [1.807, 2.05) is 0 Å². The minimum absolute atomic E-state index is 0.663. The maximum absolute atomic E-state index is 6.36. The van der Waals surface area contributed by atoms with Gasteiger partial charge < -0.3 is 9.80 Å². The van der Waals surface area contributed by atoms with Gasteiger partial charge in [0.1, 0.15) is 5.15 Å². The molecule has 0 spiro atoms. The summed E-state index contributed by atoms with van der Waals surface area (Å²) in [6, 6.07) is 8.56. The van der Waals surface area contributed by atoms with E-state index >= 15 is 0 Å². The van der Waals surface area contributed by atoms with E-state index in [-0.39, 0.29) is 0 Å². The van der Waals surface area contributed by atoms with Crippen LogP contribution in [0.2, 0.25) is 5.15 Å². The van der Waals surface area contributed by atoms with Crippen molar-refractivity contribution in [2.45, 2.75) is 19.8 Å². The molecule has 0 atom stereocenters. The van der Waals surface area contributed by atoms with Crippen molar-refractivity contribution >= 4 is 22.5 Å². The first-order valence-electron chi connectivity index (χ1n) is 8.08. The van der Waals surface area contributed by atoms with Crippen molar-refractivity contribution in [1.82, 2.24) is 14.8 Å². The molecule has 22 heavy (non-hydrogen) atoms. The number of halogens is 1. The Bertz CT molecular complexity index is 648. The maximum atomic E-state index is 6.36. The largest absolute Gasteiger partial charge is 0.304 e. The molecule has 0 unspecified atom stereocenters. The van der Waals surface area contributed by atoms with Crippen molar-refractivity contribution in [3.8, 4) is 0 Å². The third kappa shape index (κ3) is 3.78. The molecule has 1 aromatic carbocycles.